The zero-order valence-corrected chi connectivity index (χ0v) is 21.7. The Bertz CT molecular complexity index is 441. The van der Waals surface area contributed by atoms with Crippen LogP contribution >= 0.6 is 0 Å². The van der Waals surface area contributed by atoms with Crippen LogP contribution < -0.4 is 5.11 Å². The summed E-state index contributed by atoms with van der Waals surface area (Å²) in [5.74, 6) is -1.07. The van der Waals surface area contributed by atoms with Crippen LogP contribution in [0.3, 0.4) is 0 Å². The monoisotopic (exact) mass is 457 g/mol. The van der Waals surface area contributed by atoms with Gasteiger partial charge in [0.1, 0.15) is 11.5 Å². The molecule has 0 aliphatic carbocycles. The molecular formula is C27H55NO4. The van der Waals surface area contributed by atoms with E-state index in [4.69, 9.17) is 5.11 Å². The van der Waals surface area contributed by atoms with Crippen molar-refractivity contribution >= 4 is 5.97 Å². The summed E-state index contributed by atoms with van der Waals surface area (Å²) in [5, 5.41) is 30.8. The van der Waals surface area contributed by atoms with Crippen molar-refractivity contribution in [1.29, 1.82) is 0 Å². The van der Waals surface area contributed by atoms with Gasteiger partial charge in [-0.25, -0.2) is 0 Å². The number of aliphatic hydroxyl groups excluding tert-OH is 2. The molecule has 32 heavy (non-hydrogen) atoms. The van der Waals surface area contributed by atoms with E-state index < -0.39 is 11.5 Å². The van der Waals surface area contributed by atoms with Crippen LogP contribution in [-0.4, -0.2) is 60.1 Å². The van der Waals surface area contributed by atoms with Gasteiger partial charge in [0.25, 0.3) is 0 Å². The summed E-state index contributed by atoms with van der Waals surface area (Å²) >= 11 is 0. The summed E-state index contributed by atoms with van der Waals surface area (Å²) in [5.41, 5.74) is -1.08. The van der Waals surface area contributed by atoms with Crippen LogP contribution in [0.15, 0.2) is 0 Å². The van der Waals surface area contributed by atoms with Gasteiger partial charge in [-0.15, -0.1) is 0 Å². The van der Waals surface area contributed by atoms with Gasteiger partial charge >= 0.3 is 0 Å². The molecule has 5 heteroatoms. The Morgan fingerprint density at radius 2 is 1.06 bits per heavy atom. The summed E-state index contributed by atoms with van der Waals surface area (Å²) in [6.45, 7) is 2.71. The van der Waals surface area contributed by atoms with Gasteiger partial charge in [-0.05, 0) is 6.42 Å². The van der Waals surface area contributed by atoms with Gasteiger partial charge < -0.3 is 24.6 Å². The van der Waals surface area contributed by atoms with Crippen LogP contribution in [0.2, 0.25) is 0 Å². The number of aliphatic carboxylic acids is 1. The maximum atomic E-state index is 12.1. The molecule has 0 saturated heterocycles. The van der Waals surface area contributed by atoms with Crippen LogP contribution in [0, 0.1) is 0 Å². The summed E-state index contributed by atoms with van der Waals surface area (Å²) in [4.78, 5) is 12.1. The van der Waals surface area contributed by atoms with Crippen LogP contribution in [0.1, 0.15) is 129 Å². The minimum absolute atomic E-state index is 0.0446. The fourth-order valence-corrected chi connectivity index (χ4v) is 5.01. The Hall–Kier alpha value is -0.650. The molecule has 5 nitrogen and oxygen atoms in total. The fraction of sp³-hybridized carbons (Fsp3) is 0.963. The maximum Gasteiger partial charge on any atom is 0.141 e. The SMILES string of the molecule is CCCCCCCCCCCCCCCCCCC(CCO)(C(=O)[O-])[N+](C)(C)CCCO. The lowest BCUT2D eigenvalue weighted by atomic mass is 9.84. The third-order valence-corrected chi connectivity index (χ3v) is 7.38. The maximum absolute atomic E-state index is 12.1. The van der Waals surface area contributed by atoms with Crippen molar-refractivity contribution in [2.24, 2.45) is 0 Å². The van der Waals surface area contributed by atoms with E-state index in [0.717, 1.165) is 19.3 Å². The number of rotatable bonds is 24. The summed E-state index contributed by atoms with van der Waals surface area (Å²) in [7, 11) is 3.77. The second kappa shape index (κ2) is 19.8. The minimum Gasteiger partial charge on any atom is -0.544 e. The first kappa shape index (κ1) is 31.4. The molecule has 0 aromatic heterocycles. The molecule has 0 aromatic rings. The van der Waals surface area contributed by atoms with Crippen molar-refractivity contribution in [3.05, 3.63) is 0 Å². The summed E-state index contributed by atoms with van der Waals surface area (Å²) in [6.07, 6.45) is 21.9. The zero-order valence-electron chi connectivity index (χ0n) is 21.7. The first-order valence-electron chi connectivity index (χ1n) is 13.6. The largest absolute Gasteiger partial charge is 0.544 e. The van der Waals surface area contributed by atoms with Crippen LogP contribution in [0.4, 0.5) is 0 Å². The zero-order chi connectivity index (χ0) is 24.1. The number of hydrogen-bond acceptors (Lipinski definition) is 4. The highest BCUT2D eigenvalue weighted by Crippen LogP contribution is 2.31. The van der Waals surface area contributed by atoms with Crippen molar-refractivity contribution in [2.45, 2.75) is 134 Å². The predicted molar refractivity (Wildman–Crippen MR) is 132 cm³/mol. The third-order valence-electron chi connectivity index (χ3n) is 7.38. The standard InChI is InChI=1S/C27H55NO4/c1-4-5-6-7-8-9-10-11-12-13-14-15-16-17-18-19-21-27(22-25-30,26(31)32)28(2,3)23-20-24-29/h29-30H,4-25H2,1-3H3. The summed E-state index contributed by atoms with van der Waals surface area (Å²) < 4.78 is 0.245. The molecule has 0 amide bonds. The number of hydrogen-bond donors (Lipinski definition) is 2. The lowest BCUT2D eigenvalue weighted by molar-refractivity contribution is -0.935. The third kappa shape index (κ3) is 13.2. The van der Waals surface area contributed by atoms with E-state index in [-0.39, 0.29) is 24.1 Å². The molecule has 0 saturated carbocycles. The van der Waals surface area contributed by atoms with Gasteiger partial charge in [0.05, 0.1) is 20.6 Å². The topological polar surface area (TPSA) is 80.6 Å². The van der Waals surface area contributed by atoms with E-state index in [1.807, 2.05) is 14.1 Å². The molecule has 0 bridgehead atoms. The molecule has 0 rings (SSSR count). The molecule has 1 atom stereocenters. The highest BCUT2D eigenvalue weighted by Gasteiger charge is 2.45. The van der Waals surface area contributed by atoms with Crippen LogP contribution in [0.25, 0.3) is 0 Å². The molecule has 2 N–H and O–H groups in total. The second-order valence-electron chi connectivity index (χ2n) is 10.3. The Kier molecular flexibility index (Phi) is 19.4. The Morgan fingerprint density at radius 1 is 0.656 bits per heavy atom. The van der Waals surface area contributed by atoms with E-state index >= 15 is 0 Å². The molecule has 0 aromatic carbocycles. The van der Waals surface area contributed by atoms with E-state index in [0.29, 0.717) is 19.4 Å². The van der Waals surface area contributed by atoms with Crippen molar-refractivity contribution < 1.29 is 24.6 Å². The molecule has 1 unspecified atom stereocenters. The molecule has 0 radical (unpaired) electrons. The molecule has 0 fully saturated rings. The normalized spacial score (nSPS) is 13.9. The highest BCUT2D eigenvalue weighted by molar-refractivity contribution is 5.75. The number of carboxylic acids is 1. The number of nitrogens with zero attached hydrogens (tertiary/aromatic N) is 1. The van der Waals surface area contributed by atoms with E-state index in [9.17, 15) is 15.0 Å². The quantitative estimate of drug-likeness (QED) is 0.158. The first-order valence-corrected chi connectivity index (χ1v) is 13.6. The van der Waals surface area contributed by atoms with Crippen molar-refractivity contribution in [3.63, 3.8) is 0 Å². The van der Waals surface area contributed by atoms with Crippen molar-refractivity contribution in [2.75, 3.05) is 33.9 Å². The first-order chi connectivity index (χ1) is 15.4. The summed E-state index contributed by atoms with van der Waals surface area (Å²) in [6, 6.07) is 0. The number of aliphatic hydroxyl groups is 2. The van der Waals surface area contributed by atoms with Gasteiger partial charge in [0.15, 0.2) is 0 Å². The van der Waals surface area contributed by atoms with Crippen molar-refractivity contribution in [3.8, 4) is 0 Å². The lowest BCUT2D eigenvalue weighted by Gasteiger charge is -2.49. The number of carbonyl (C=O) groups is 1. The molecule has 0 spiro atoms. The molecule has 192 valence electrons. The second-order valence-corrected chi connectivity index (χ2v) is 10.3. The Morgan fingerprint density at radius 3 is 1.41 bits per heavy atom. The number of unbranched alkanes of at least 4 members (excludes halogenated alkanes) is 15. The fourth-order valence-electron chi connectivity index (χ4n) is 5.01. The highest BCUT2D eigenvalue weighted by atomic mass is 16.4. The van der Waals surface area contributed by atoms with Crippen molar-refractivity contribution in [1.82, 2.24) is 0 Å². The molecule has 0 aliphatic rings. The average Bonchev–Trinajstić information content (AvgIpc) is 2.76. The van der Waals surface area contributed by atoms with E-state index in [1.165, 1.54) is 83.5 Å². The van der Waals surface area contributed by atoms with Gasteiger partial charge in [-0.2, -0.15) is 0 Å². The minimum atomic E-state index is -1.08. The molecular weight excluding hydrogens is 402 g/mol. The van der Waals surface area contributed by atoms with Gasteiger partial charge in [-0.3, -0.25) is 0 Å². The number of quaternary nitrogens is 1. The number of carbonyl (C=O) groups excluding carboxylic acids is 1. The number of carboxylic acid groups (broad SMARTS) is 1. The van der Waals surface area contributed by atoms with Gasteiger partial charge in [-0.1, -0.05) is 103 Å². The average molecular weight is 458 g/mol. The van der Waals surface area contributed by atoms with Gasteiger partial charge in [0.2, 0.25) is 0 Å². The molecule has 0 aliphatic heterocycles. The van der Waals surface area contributed by atoms with E-state index in [1.54, 1.807) is 0 Å². The molecule has 0 heterocycles. The van der Waals surface area contributed by atoms with Crippen LogP contribution in [0.5, 0.6) is 0 Å². The van der Waals surface area contributed by atoms with E-state index in [2.05, 4.69) is 6.92 Å². The Labute approximate surface area is 199 Å². The number of likely N-dealkylation sites (N-methyl/N-ethyl adjacent to an activating group) is 1. The smallest absolute Gasteiger partial charge is 0.141 e. The van der Waals surface area contributed by atoms with Gasteiger partial charge in [0, 0.05) is 32.5 Å². The Balaban J connectivity index is 3.93. The predicted octanol–water partition coefficient (Wildman–Crippen LogP) is 4.97. The lowest BCUT2D eigenvalue weighted by Crippen LogP contribution is -2.68. The van der Waals surface area contributed by atoms with Crippen LogP contribution in [-0.2, 0) is 4.79 Å².